The van der Waals surface area contributed by atoms with Crippen LogP contribution in [0.15, 0.2) is 0 Å². The SMILES string of the molecule is C[C@@H]1N(C(=O)O)CC(O)C1(C(=O)O)C(C)(C)C. The Morgan fingerprint density at radius 3 is 1.94 bits per heavy atom. The van der Waals surface area contributed by atoms with Crippen molar-refractivity contribution >= 4 is 12.1 Å². The van der Waals surface area contributed by atoms with Gasteiger partial charge in [-0.1, -0.05) is 20.8 Å². The van der Waals surface area contributed by atoms with Crippen LogP contribution in [0.1, 0.15) is 27.7 Å². The lowest BCUT2D eigenvalue weighted by atomic mass is 9.61. The lowest BCUT2D eigenvalue weighted by Crippen LogP contribution is -2.56. The maximum atomic E-state index is 11.6. The van der Waals surface area contributed by atoms with Gasteiger partial charge in [-0.25, -0.2) is 4.79 Å². The third-order valence-electron chi connectivity index (χ3n) is 3.86. The lowest BCUT2D eigenvalue weighted by Gasteiger charge is -2.43. The summed E-state index contributed by atoms with van der Waals surface area (Å²) < 4.78 is 0. The number of aliphatic hydroxyl groups is 1. The van der Waals surface area contributed by atoms with Crippen LogP contribution in [0.25, 0.3) is 0 Å². The minimum Gasteiger partial charge on any atom is -0.481 e. The van der Waals surface area contributed by atoms with Crippen LogP contribution in [-0.4, -0.2) is 51.0 Å². The van der Waals surface area contributed by atoms with Gasteiger partial charge in [-0.2, -0.15) is 0 Å². The first-order chi connectivity index (χ1) is 7.56. The van der Waals surface area contributed by atoms with E-state index in [-0.39, 0.29) is 6.54 Å². The third kappa shape index (κ3) is 1.67. The molecule has 1 rings (SSSR count). The monoisotopic (exact) mass is 245 g/mol. The van der Waals surface area contributed by atoms with Crippen LogP contribution >= 0.6 is 0 Å². The van der Waals surface area contributed by atoms with Crippen molar-refractivity contribution in [2.24, 2.45) is 10.8 Å². The second-order valence-corrected chi connectivity index (χ2v) is 5.55. The van der Waals surface area contributed by atoms with E-state index in [1.807, 2.05) is 0 Å². The number of aliphatic hydroxyl groups excluding tert-OH is 1. The van der Waals surface area contributed by atoms with Gasteiger partial charge in [0.1, 0.15) is 5.41 Å². The summed E-state index contributed by atoms with van der Waals surface area (Å²) in [5, 5.41) is 28.5. The minimum absolute atomic E-state index is 0.167. The zero-order chi connectivity index (χ0) is 13.6. The zero-order valence-electron chi connectivity index (χ0n) is 10.5. The summed E-state index contributed by atoms with van der Waals surface area (Å²) in [6.07, 6.45) is -2.41. The molecule has 1 fully saturated rings. The van der Waals surface area contributed by atoms with Gasteiger partial charge in [-0.05, 0) is 12.3 Å². The average Bonchev–Trinajstić information content (AvgIpc) is 2.37. The van der Waals surface area contributed by atoms with Crippen molar-refractivity contribution in [3.63, 3.8) is 0 Å². The van der Waals surface area contributed by atoms with Gasteiger partial charge in [0.05, 0.1) is 18.7 Å². The zero-order valence-corrected chi connectivity index (χ0v) is 10.5. The second-order valence-electron chi connectivity index (χ2n) is 5.55. The highest BCUT2D eigenvalue weighted by Gasteiger charge is 2.64. The summed E-state index contributed by atoms with van der Waals surface area (Å²) in [6.45, 7) is 6.47. The molecular weight excluding hydrogens is 226 g/mol. The van der Waals surface area contributed by atoms with Gasteiger partial charge < -0.3 is 20.2 Å². The van der Waals surface area contributed by atoms with E-state index in [4.69, 9.17) is 5.11 Å². The van der Waals surface area contributed by atoms with Gasteiger partial charge in [-0.3, -0.25) is 4.79 Å². The molecule has 98 valence electrons. The Morgan fingerprint density at radius 2 is 1.76 bits per heavy atom. The Morgan fingerprint density at radius 1 is 1.29 bits per heavy atom. The number of aliphatic carboxylic acids is 1. The van der Waals surface area contributed by atoms with Crippen LogP contribution in [0.3, 0.4) is 0 Å². The number of carboxylic acid groups (broad SMARTS) is 2. The molecule has 6 nitrogen and oxygen atoms in total. The van der Waals surface area contributed by atoms with E-state index < -0.39 is 35.0 Å². The predicted octanol–water partition coefficient (Wildman–Crippen LogP) is 0.846. The van der Waals surface area contributed by atoms with E-state index in [1.165, 1.54) is 6.92 Å². The van der Waals surface area contributed by atoms with Gasteiger partial charge in [0.2, 0.25) is 0 Å². The van der Waals surface area contributed by atoms with Crippen LogP contribution in [0, 0.1) is 10.8 Å². The van der Waals surface area contributed by atoms with Gasteiger partial charge in [-0.15, -0.1) is 0 Å². The molecule has 0 aromatic heterocycles. The van der Waals surface area contributed by atoms with Crippen molar-refractivity contribution < 1.29 is 24.9 Å². The fraction of sp³-hybridized carbons (Fsp3) is 0.818. The van der Waals surface area contributed by atoms with Crippen LogP contribution in [0.5, 0.6) is 0 Å². The summed E-state index contributed by atoms with van der Waals surface area (Å²) in [5.41, 5.74) is -2.23. The van der Waals surface area contributed by atoms with E-state index in [9.17, 15) is 19.8 Å². The molecule has 1 heterocycles. The third-order valence-corrected chi connectivity index (χ3v) is 3.86. The molecule has 1 amide bonds. The molecule has 1 saturated heterocycles. The van der Waals surface area contributed by atoms with Gasteiger partial charge in [0, 0.05) is 0 Å². The standard InChI is InChI=1S/C11H19NO5/c1-6-11(8(14)15,10(2,3)4)7(13)5-12(6)9(16)17/h6-7,13H,5H2,1-4H3,(H,14,15)(H,16,17)/t6-,7?,11?/m0/s1. The number of amides is 1. The van der Waals surface area contributed by atoms with Crippen LogP contribution < -0.4 is 0 Å². The fourth-order valence-electron chi connectivity index (χ4n) is 3.02. The Hall–Kier alpha value is -1.30. The Bertz CT molecular complexity index is 348. The number of rotatable bonds is 1. The van der Waals surface area contributed by atoms with Crippen molar-refractivity contribution in [3.8, 4) is 0 Å². The highest BCUT2D eigenvalue weighted by molar-refractivity contribution is 5.80. The molecule has 0 aromatic rings. The molecule has 1 aliphatic heterocycles. The maximum Gasteiger partial charge on any atom is 0.407 e. The molecule has 2 unspecified atom stereocenters. The van der Waals surface area contributed by atoms with Crippen molar-refractivity contribution in [1.29, 1.82) is 0 Å². The number of carboxylic acids is 1. The first-order valence-electron chi connectivity index (χ1n) is 5.47. The van der Waals surface area contributed by atoms with Crippen LogP contribution in [0.2, 0.25) is 0 Å². The molecule has 1 aliphatic rings. The molecule has 0 saturated carbocycles. The molecule has 3 atom stereocenters. The van der Waals surface area contributed by atoms with Gasteiger partial charge >= 0.3 is 12.1 Å². The molecule has 0 bridgehead atoms. The first-order valence-corrected chi connectivity index (χ1v) is 5.47. The molecule has 0 aromatic carbocycles. The second kappa shape index (κ2) is 3.87. The molecule has 0 aliphatic carbocycles. The number of likely N-dealkylation sites (tertiary alicyclic amines) is 1. The largest absolute Gasteiger partial charge is 0.481 e. The number of hydrogen-bond donors (Lipinski definition) is 3. The quantitative estimate of drug-likeness (QED) is 0.636. The highest BCUT2D eigenvalue weighted by Crippen LogP contribution is 2.50. The Labute approximate surface area is 99.8 Å². The number of hydrogen-bond acceptors (Lipinski definition) is 3. The number of carbonyl (C=O) groups is 2. The summed E-state index contributed by atoms with van der Waals surface area (Å²) in [7, 11) is 0. The topological polar surface area (TPSA) is 98.1 Å². The molecule has 17 heavy (non-hydrogen) atoms. The molecular formula is C11H19NO5. The predicted molar refractivity (Wildman–Crippen MR) is 59.7 cm³/mol. The molecule has 0 spiro atoms. The summed E-state index contributed by atoms with van der Waals surface area (Å²) in [4.78, 5) is 23.6. The molecule has 6 heteroatoms. The van der Waals surface area contributed by atoms with E-state index >= 15 is 0 Å². The maximum absolute atomic E-state index is 11.6. The minimum atomic E-state index is -1.48. The van der Waals surface area contributed by atoms with E-state index in [0.717, 1.165) is 4.90 Å². The summed E-state index contributed by atoms with van der Waals surface area (Å²) >= 11 is 0. The number of nitrogens with zero attached hydrogens (tertiary/aromatic N) is 1. The van der Waals surface area contributed by atoms with Crippen LogP contribution in [0.4, 0.5) is 4.79 Å². The first kappa shape index (κ1) is 13.8. The molecule has 0 radical (unpaired) electrons. The smallest absolute Gasteiger partial charge is 0.407 e. The van der Waals surface area contributed by atoms with Crippen molar-refractivity contribution in [2.45, 2.75) is 39.8 Å². The van der Waals surface area contributed by atoms with Crippen molar-refractivity contribution in [1.82, 2.24) is 4.90 Å². The van der Waals surface area contributed by atoms with E-state index in [1.54, 1.807) is 20.8 Å². The summed E-state index contributed by atoms with van der Waals surface area (Å²) in [6, 6.07) is -0.771. The Kier molecular flexibility index (Phi) is 3.13. The fourth-order valence-corrected chi connectivity index (χ4v) is 3.02. The summed E-state index contributed by atoms with van der Waals surface area (Å²) in [5.74, 6) is -1.16. The lowest BCUT2D eigenvalue weighted by molar-refractivity contribution is -0.166. The van der Waals surface area contributed by atoms with Crippen molar-refractivity contribution in [3.05, 3.63) is 0 Å². The van der Waals surface area contributed by atoms with Gasteiger partial charge in [0.15, 0.2) is 0 Å². The average molecular weight is 245 g/mol. The van der Waals surface area contributed by atoms with Crippen LogP contribution in [-0.2, 0) is 4.79 Å². The molecule has 3 N–H and O–H groups in total. The van der Waals surface area contributed by atoms with Gasteiger partial charge in [0.25, 0.3) is 0 Å². The Balaban J connectivity index is 3.33. The van der Waals surface area contributed by atoms with E-state index in [0.29, 0.717) is 0 Å². The normalized spacial score (nSPS) is 33.8. The number of β-amino-alcohol motifs (C(OH)–C–C–N with tert-alkyl or cyclic N) is 1. The van der Waals surface area contributed by atoms with E-state index in [2.05, 4.69) is 0 Å². The highest BCUT2D eigenvalue weighted by atomic mass is 16.4. The van der Waals surface area contributed by atoms with Crippen molar-refractivity contribution in [2.75, 3.05) is 6.54 Å².